The fourth-order valence-corrected chi connectivity index (χ4v) is 2.05. The van der Waals surface area contributed by atoms with Crippen LogP contribution in [0.4, 0.5) is 13.2 Å². The molecule has 0 fully saturated rings. The van der Waals surface area contributed by atoms with Gasteiger partial charge in [-0.3, -0.25) is 0 Å². The Hall–Kier alpha value is -1.68. The molecule has 0 N–H and O–H groups in total. The van der Waals surface area contributed by atoms with E-state index in [1.165, 1.54) is 13.0 Å². The highest BCUT2D eigenvalue weighted by atomic mass is 32.2. The van der Waals surface area contributed by atoms with E-state index in [-0.39, 0.29) is 33.3 Å². The van der Waals surface area contributed by atoms with Crippen molar-refractivity contribution < 1.29 is 22.7 Å². The van der Waals surface area contributed by atoms with E-state index in [1.54, 1.807) is 6.07 Å². The van der Waals surface area contributed by atoms with Crippen LogP contribution in [0.3, 0.4) is 0 Å². The maximum atomic E-state index is 12.3. The van der Waals surface area contributed by atoms with Crippen LogP contribution in [0.1, 0.15) is 21.5 Å². The molecule has 0 bridgehead atoms. The van der Waals surface area contributed by atoms with Gasteiger partial charge in [-0.15, -0.1) is 0 Å². The first-order valence-electron chi connectivity index (χ1n) is 4.68. The Labute approximate surface area is 106 Å². The minimum absolute atomic E-state index is 0.0839. The number of nitriles is 1. The van der Waals surface area contributed by atoms with Crippen LogP contribution < -0.4 is 0 Å². The van der Waals surface area contributed by atoms with Crippen LogP contribution in [-0.2, 0) is 4.74 Å². The molecule has 1 aromatic carbocycles. The van der Waals surface area contributed by atoms with Crippen molar-refractivity contribution in [1.82, 2.24) is 0 Å². The van der Waals surface area contributed by atoms with E-state index in [0.717, 1.165) is 13.2 Å². The van der Waals surface area contributed by atoms with Crippen LogP contribution >= 0.6 is 11.8 Å². The van der Waals surface area contributed by atoms with Crippen LogP contribution in [0.15, 0.2) is 17.0 Å². The molecule has 0 amide bonds. The molecule has 0 radical (unpaired) electrons. The molecule has 1 rings (SSSR count). The van der Waals surface area contributed by atoms with Gasteiger partial charge < -0.3 is 4.74 Å². The Bertz CT molecular complexity index is 520. The Balaban J connectivity index is 3.31. The van der Waals surface area contributed by atoms with Crippen molar-refractivity contribution in [3.63, 3.8) is 0 Å². The molecular formula is C11H8F3NO2S. The molecule has 0 aliphatic carbocycles. The lowest BCUT2D eigenvalue weighted by Crippen LogP contribution is -2.07. The van der Waals surface area contributed by atoms with Gasteiger partial charge in [0.05, 0.1) is 18.2 Å². The summed E-state index contributed by atoms with van der Waals surface area (Å²) in [6, 6.07) is 3.99. The Morgan fingerprint density at radius 1 is 1.44 bits per heavy atom. The summed E-state index contributed by atoms with van der Waals surface area (Å²) < 4.78 is 41.3. The molecule has 0 saturated heterocycles. The number of carbonyl (C=O) groups excluding carboxylic acids is 1. The number of thioether (sulfide) groups is 1. The molecule has 0 aliphatic rings. The third kappa shape index (κ3) is 3.17. The minimum Gasteiger partial charge on any atom is -0.465 e. The summed E-state index contributed by atoms with van der Waals surface area (Å²) >= 11 is -0.380. The van der Waals surface area contributed by atoms with Gasteiger partial charge in [-0.2, -0.15) is 18.4 Å². The Kier molecular flexibility index (Phi) is 4.24. The number of halogens is 3. The molecule has 1 aromatic rings. The van der Waals surface area contributed by atoms with Crippen LogP contribution in [0.2, 0.25) is 0 Å². The zero-order valence-corrected chi connectivity index (χ0v) is 10.3. The summed E-state index contributed by atoms with van der Waals surface area (Å²) in [6.45, 7) is 1.41. The second-order valence-corrected chi connectivity index (χ2v) is 4.37. The number of methoxy groups -OCH3 is 1. The van der Waals surface area contributed by atoms with Gasteiger partial charge in [0.1, 0.15) is 6.07 Å². The van der Waals surface area contributed by atoms with Crippen molar-refractivity contribution in [1.29, 1.82) is 5.26 Å². The largest absolute Gasteiger partial charge is 0.465 e. The first-order chi connectivity index (χ1) is 8.30. The van der Waals surface area contributed by atoms with E-state index in [9.17, 15) is 18.0 Å². The number of alkyl halides is 3. The second-order valence-electron chi connectivity index (χ2n) is 3.26. The predicted molar refractivity (Wildman–Crippen MR) is 59.1 cm³/mol. The van der Waals surface area contributed by atoms with E-state index in [1.807, 2.05) is 0 Å². The van der Waals surface area contributed by atoms with Gasteiger partial charge in [-0.25, -0.2) is 4.79 Å². The van der Waals surface area contributed by atoms with E-state index in [2.05, 4.69) is 4.74 Å². The fraction of sp³-hybridized carbons (Fsp3) is 0.273. The quantitative estimate of drug-likeness (QED) is 0.614. The highest BCUT2D eigenvalue weighted by Gasteiger charge is 2.31. The highest BCUT2D eigenvalue weighted by molar-refractivity contribution is 8.00. The molecule has 0 spiro atoms. The number of rotatable bonds is 2. The number of nitrogens with zero attached hydrogens (tertiary/aromatic N) is 1. The fourth-order valence-electron chi connectivity index (χ4n) is 1.37. The molecule has 18 heavy (non-hydrogen) atoms. The van der Waals surface area contributed by atoms with Crippen LogP contribution in [0.25, 0.3) is 0 Å². The Morgan fingerprint density at radius 3 is 2.50 bits per heavy atom. The van der Waals surface area contributed by atoms with E-state index in [0.29, 0.717) is 0 Å². The van der Waals surface area contributed by atoms with Crippen LogP contribution in [-0.4, -0.2) is 18.6 Å². The number of ether oxygens (including phenoxy) is 1. The van der Waals surface area contributed by atoms with Gasteiger partial charge in [0.15, 0.2) is 0 Å². The number of carbonyl (C=O) groups is 1. The molecule has 0 atom stereocenters. The van der Waals surface area contributed by atoms with Crippen molar-refractivity contribution in [3.8, 4) is 6.07 Å². The van der Waals surface area contributed by atoms with Crippen molar-refractivity contribution in [2.24, 2.45) is 0 Å². The summed E-state index contributed by atoms with van der Waals surface area (Å²) in [5.74, 6) is -0.687. The highest BCUT2D eigenvalue weighted by Crippen LogP contribution is 2.39. The van der Waals surface area contributed by atoms with Gasteiger partial charge in [0, 0.05) is 4.90 Å². The van der Waals surface area contributed by atoms with Crippen LogP contribution in [0.5, 0.6) is 0 Å². The lowest BCUT2D eigenvalue weighted by Gasteiger charge is -2.11. The first kappa shape index (κ1) is 14.4. The topological polar surface area (TPSA) is 50.1 Å². The number of esters is 1. The van der Waals surface area contributed by atoms with Gasteiger partial charge in [0.2, 0.25) is 0 Å². The molecule has 0 aromatic heterocycles. The smallest absolute Gasteiger partial charge is 0.446 e. The summed E-state index contributed by atoms with van der Waals surface area (Å²) in [5.41, 5.74) is -4.38. The third-order valence-corrected chi connectivity index (χ3v) is 2.96. The molecule has 0 heterocycles. The van der Waals surface area contributed by atoms with Crippen molar-refractivity contribution >= 4 is 17.7 Å². The summed E-state index contributed by atoms with van der Waals surface area (Å²) in [7, 11) is 1.16. The lowest BCUT2D eigenvalue weighted by molar-refractivity contribution is -0.0328. The van der Waals surface area contributed by atoms with E-state index >= 15 is 0 Å². The molecule has 3 nitrogen and oxygen atoms in total. The van der Waals surface area contributed by atoms with Gasteiger partial charge in [0.25, 0.3) is 0 Å². The molecule has 0 aliphatic heterocycles. The first-order valence-corrected chi connectivity index (χ1v) is 5.49. The maximum Gasteiger partial charge on any atom is 0.446 e. The average Bonchev–Trinajstić information content (AvgIpc) is 2.26. The number of hydrogen-bond acceptors (Lipinski definition) is 4. The zero-order valence-electron chi connectivity index (χ0n) is 9.46. The Morgan fingerprint density at radius 2 is 2.06 bits per heavy atom. The number of hydrogen-bond donors (Lipinski definition) is 0. The SMILES string of the molecule is COC(=O)c1ccc(SC(F)(F)F)c(C#N)c1C. The average molecular weight is 275 g/mol. The molecule has 7 heteroatoms. The third-order valence-electron chi connectivity index (χ3n) is 2.17. The predicted octanol–water partition coefficient (Wildman–Crippen LogP) is 3.27. The van der Waals surface area contributed by atoms with Crippen molar-refractivity contribution in [3.05, 3.63) is 28.8 Å². The second kappa shape index (κ2) is 5.31. The van der Waals surface area contributed by atoms with Crippen molar-refractivity contribution in [2.75, 3.05) is 7.11 Å². The van der Waals surface area contributed by atoms with E-state index in [4.69, 9.17) is 5.26 Å². The molecular weight excluding hydrogens is 267 g/mol. The number of benzene rings is 1. The molecule has 0 saturated carbocycles. The van der Waals surface area contributed by atoms with Crippen LogP contribution in [0, 0.1) is 18.3 Å². The summed E-state index contributed by atoms with van der Waals surface area (Å²) in [6.07, 6.45) is 0. The standard InChI is InChI=1S/C11H8F3NO2S/c1-6-7(10(16)17-2)3-4-9(8(6)5-15)18-11(12,13)14/h3-4H,1-2H3. The minimum atomic E-state index is -4.48. The zero-order chi connectivity index (χ0) is 13.9. The van der Waals surface area contributed by atoms with Gasteiger partial charge >= 0.3 is 11.5 Å². The van der Waals surface area contributed by atoms with Gasteiger partial charge in [-0.05, 0) is 36.4 Å². The monoisotopic (exact) mass is 275 g/mol. The normalized spacial score (nSPS) is 10.9. The molecule has 96 valence electrons. The molecule has 0 unspecified atom stereocenters. The summed E-state index contributed by atoms with van der Waals surface area (Å²) in [4.78, 5) is 11.1. The van der Waals surface area contributed by atoms with Crippen molar-refractivity contribution in [2.45, 2.75) is 17.3 Å². The lowest BCUT2D eigenvalue weighted by atomic mass is 10.0. The maximum absolute atomic E-state index is 12.3. The van der Waals surface area contributed by atoms with E-state index < -0.39 is 11.5 Å². The summed E-state index contributed by atoms with van der Waals surface area (Å²) in [5, 5.41) is 8.89. The van der Waals surface area contributed by atoms with Gasteiger partial charge in [-0.1, -0.05) is 0 Å².